The first-order valence-corrected chi connectivity index (χ1v) is 11.2. The summed E-state index contributed by atoms with van der Waals surface area (Å²) in [4.78, 5) is 27.4. The number of aliphatic carboxylic acids is 2. The van der Waals surface area contributed by atoms with Gasteiger partial charge in [0.1, 0.15) is 5.82 Å². The van der Waals surface area contributed by atoms with Gasteiger partial charge in [-0.2, -0.15) is 26.3 Å². The van der Waals surface area contributed by atoms with E-state index in [9.17, 15) is 26.3 Å². The molecule has 2 aliphatic rings. The van der Waals surface area contributed by atoms with Gasteiger partial charge < -0.3 is 19.5 Å². The van der Waals surface area contributed by atoms with E-state index in [1.807, 2.05) is 0 Å². The highest BCUT2D eigenvalue weighted by atomic mass is 19.4. The highest BCUT2D eigenvalue weighted by Crippen LogP contribution is 2.21. The van der Waals surface area contributed by atoms with E-state index in [2.05, 4.69) is 46.4 Å². The lowest BCUT2D eigenvalue weighted by atomic mass is 9.99. The van der Waals surface area contributed by atoms with Crippen LogP contribution in [0.2, 0.25) is 0 Å². The highest BCUT2D eigenvalue weighted by Gasteiger charge is 2.38. The number of aromatic nitrogens is 2. The Bertz CT molecular complexity index is 814. The van der Waals surface area contributed by atoms with Crippen LogP contribution in [-0.2, 0) is 34.0 Å². The minimum absolute atomic E-state index is 0.569. The molecule has 2 aliphatic heterocycles. The Hall–Kier alpha value is -2.39. The predicted octanol–water partition coefficient (Wildman–Crippen LogP) is 3.23. The summed E-state index contributed by atoms with van der Waals surface area (Å²) < 4.78 is 71.4. The summed E-state index contributed by atoms with van der Waals surface area (Å²) in [6.07, 6.45) is -5.66. The summed E-state index contributed by atoms with van der Waals surface area (Å²) in [6.45, 7) is 11.8. The zero-order valence-corrected chi connectivity index (χ0v) is 20.3. The Morgan fingerprint density at radius 1 is 1.08 bits per heavy atom. The van der Waals surface area contributed by atoms with Crippen molar-refractivity contribution < 1.29 is 50.9 Å². The molecule has 0 bridgehead atoms. The second-order valence-corrected chi connectivity index (χ2v) is 8.72. The van der Waals surface area contributed by atoms with E-state index in [4.69, 9.17) is 24.5 Å². The molecule has 0 aromatic carbocycles. The standard InChI is InChI=1S/C17H30N4O.2C2HF3O2/c1-14(2)19(3)12-16-10-18-17-13-20(6-7-21(16)17)11-15-4-8-22-9-5-15;2*3-2(4,5)1(6)7/h10,14-15H,4-9,11-13H2,1-3H3;2*(H,6,7). The number of carboxylic acid groups (broad SMARTS) is 2. The van der Waals surface area contributed by atoms with E-state index >= 15 is 0 Å². The Kier molecular flexibility index (Phi) is 12.1. The molecular formula is C21H32F6N4O5. The van der Waals surface area contributed by atoms with Gasteiger partial charge in [0.2, 0.25) is 0 Å². The Morgan fingerprint density at radius 2 is 1.58 bits per heavy atom. The molecule has 0 unspecified atom stereocenters. The molecule has 1 aromatic rings. The van der Waals surface area contributed by atoms with Gasteiger partial charge in [0.15, 0.2) is 0 Å². The number of alkyl halides is 6. The van der Waals surface area contributed by atoms with Crippen molar-refractivity contribution in [1.82, 2.24) is 19.4 Å². The number of hydrogen-bond donors (Lipinski definition) is 2. The molecule has 2 N–H and O–H groups in total. The van der Waals surface area contributed by atoms with E-state index in [0.717, 1.165) is 45.3 Å². The molecule has 0 atom stereocenters. The van der Waals surface area contributed by atoms with Crippen LogP contribution in [0.3, 0.4) is 0 Å². The number of halogens is 6. The van der Waals surface area contributed by atoms with Crippen LogP contribution in [0.15, 0.2) is 6.20 Å². The van der Waals surface area contributed by atoms with Crippen molar-refractivity contribution in [2.24, 2.45) is 5.92 Å². The van der Waals surface area contributed by atoms with Gasteiger partial charge in [-0.1, -0.05) is 0 Å². The molecule has 1 fully saturated rings. The molecule has 15 heteroatoms. The molecule has 1 saturated heterocycles. The third kappa shape index (κ3) is 11.1. The van der Waals surface area contributed by atoms with E-state index in [0.29, 0.717) is 6.04 Å². The van der Waals surface area contributed by atoms with Crippen molar-refractivity contribution in [1.29, 1.82) is 0 Å². The minimum Gasteiger partial charge on any atom is -0.475 e. The van der Waals surface area contributed by atoms with Gasteiger partial charge in [-0.3, -0.25) is 9.80 Å². The van der Waals surface area contributed by atoms with Crippen molar-refractivity contribution >= 4 is 11.9 Å². The Labute approximate surface area is 204 Å². The summed E-state index contributed by atoms with van der Waals surface area (Å²) in [7, 11) is 2.19. The van der Waals surface area contributed by atoms with Crippen molar-refractivity contribution in [2.45, 2.75) is 64.7 Å². The maximum Gasteiger partial charge on any atom is 0.490 e. The summed E-state index contributed by atoms with van der Waals surface area (Å²) in [5, 5.41) is 14.2. The van der Waals surface area contributed by atoms with Gasteiger partial charge in [-0.05, 0) is 39.7 Å². The van der Waals surface area contributed by atoms with Gasteiger partial charge in [-0.25, -0.2) is 14.6 Å². The summed E-state index contributed by atoms with van der Waals surface area (Å²) in [6, 6.07) is 0.569. The minimum atomic E-state index is -5.08. The molecule has 3 rings (SSSR count). The molecule has 0 spiro atoms. The highest BCUT2D eigenvalue weighted by molar-refractivity contribution is 5.73. The average molecular weight is 534 g/mol. The number of carbonyl (C=O) groups is 2. The fourth-order valence-electron chi connectivity index (χ4n) is 3.39. The van der Waals surface area contributed by atoms with Gasteiger partial charge in [0, 0.05) is 51.6 Å². The fraction of sp³-hybridized carbons (Fsp3) is 0.762. The lowest BCUT2D eigenvalue weighted by Crippen LogP contribution is -2.39. The maximum atomic E-state index is 10.6. The average Bonchev–Trinajstić information content (AvgIpc) is 3.16. The van der Waals surface area contributed by atoms with Crippen LogP contribution in [0.1, 0.15) is 38.2 Å². The number of rotatable bonds is 5. The third-order valence-corrected chi connectivity index (χ3v) is 5.66. The van der Waals surface area contributed by atoms with Crippen LogP contribution in [0.4, 0.5) is 26.3 Å². The van der Waals surface area contributed by atoms with Crippen LogP contribution in [0.5, 0.6) is 0 Å². The molecule has 208 valence electrons. The number of ether oxygens (including phenoxy) is 1. The molecule has 3 heterocycles. The van der Waals surface area contributed by atoms with E-state index < -0.39 is 24.3 Å². The summed E-state index contributed by atoms with van der Waals surface area (Å²) in [5.41, 5.74) is 1.36. The van der Waals surface area contributed by atoms with Crippen LogP contribution >= 0.6 is 0 Å². The Balaban J connectivity index is 0.000000383. The second kappa shape index (κ2) is 13.8. The smallest absolute Gasteiger partial charge is 0.475 e. The van der Waals surface area contributed by atoms with Gasteiger partial charge in [0.25, 0.3) is 0 Å². The fourth-order valence-corrected chi connectivity index (χ4v) is 3.39. The first-order valence-electron chi connectivity index (χ1n) is 11.2. The topological polar surface area (TPSA) is 108 Å². The zero-order chi connectivity index (χ0) is 27.7. The quantitative estimate of drug-likeness (QED) is 0.555. The summed E-state index contributed by atoms with van der Waals surface area (Å²) in [5.74, 6) is -3.47. The Morgan fingerprint density at radius 3 is 2.03 bits per heavy atom. The molecule has 0 radical (unpaired) electrons. The largest absolute Gasteiger partial charge is 0.490 e. The molecule has 36 heavy (non-hydrogen) atoms. The normalized spacial score (nSPS) is 17.1. The van der Waals surface area contributed by atoms with Crippen molar-refractivity contribution in [3.05, 3.63) is 17.7 Å². The van der Waals surface area contributed by atoms with Crippen LogP contribution in [-0.4, -0.2) is 93.2 Å². The van der Waals surface area contributed by atoms with Crippen molar-refractivity contribution in [2.75, 3.05) is 33.4 Å². The first-order chi connectivity index (χ1) is 16.5. The van der Waals surface area contributed by atoms with Crippen molar-refractivity contribution in [3.8, 4) is 0 Å². The lowest BCUT2D eigenvalue weighted by Gasteiger charge is -2.33. The molecular weight excluding hydrogens is 502 g/mol. The van der Waals surface area contributed by atoms with Crippen LogP contribution in [0, 0.1) is 5.92 Å². The number of fused-ring (bicyclic) bond motifs is 1. The monoisotopic (exact) mass is 534 g/mol. The number of hydrogen-bond acceptors (Lipinski definition) is 6. The van der Waals surface area contributed by atoms with Crippen molar-refractivity contribution in [3.63, 3.8) is 0 Å². The van der Waals surface area contributed by atoms with Gasteiger partial charge in [0.05, 0.1) is 12.2 Å². The number of nitrogens with zero attached hydrogens (tertiary/aromatic N) is 4. The van der Waals surface area contributed by atoms with E-state index in [1.54, 1.807) is 0 Å². The molecule has 9 nitrogen and oxygen atoms in total. The lowest BCUT2D eigenvalue weighted by molar-refractivity contribution is -0.193. The van der Waals surface area contributed by atoms with Gasteiger partial charge >= 0.3 is 24.3 Å². The van der Waals surface area contributed by atoms with Gasteiger partial charge in [-0.15, -0.1) is 0 Å². The molecule has 0 saturated carbocycles. The van der Waals surface area contributed by atoms with E-state index in [-0.39, 0.29) is 0 Å². The molecule has 1 aromatic heterocycles. The number of imidazole rings is 1. The first kappa shape index (κ1) is 31.6. The van der Waals surface area contributed by atoms with E-state index in [1.165, 1.54) is 30.9 Å². The zero-order valence-electron chi connectivity index (χ0n) is 20.3. The maximum absolute atomic E-state index is 10.6. The third-order valence-electron chi connectivity index (χ3n) is 5.66. The van der Waals surface area contributed by atoms with Crippen LogP contribution < -0.4 is 0 Å². The molecule has 0 amide bonds. The second-order valence-electron chi connectivity index (χ2n) is 8.72. The predicted molar refractivity (Wildman–Crippen MR) is 115 cm³/mol. The molecule has 0 aliphatic carbocycles. The number of carboxylic acids is 2. The summed E-state index contributed by atoms with van der Waals surface area (Å²) >= 11 is 0. The van der Waals surface area contributed by atoms with Crippen LogP contribution in [0.25, 0.3) is 0 Å². The SMILES string of the molecule is CC(C)N(C)Cc1cnc2n1CCN(CC1CCOCC1)C2.O=C(O)C(F)(F)F.O=C(O)C(F)(F)F.